The topological polar surface area (TPSA) is 79.0 Å². The summed E-state index contributed by atoms with van der Waals surface area (Å²) in [6.07, 6.45) is 8.10. The van der Waals surface area contributed by atoms with Gasteiger partial charge in [-0.15, -0.1) is 0 Å². The first-order valence-electron chi connectivity index (χ1n) is 9.75. The molecule has 1 aliphatic carbocycles. The summed E-state index contributed by atoms with van der Waals surface area (Å²) in [5.74, 6) is 0.574. The van der Waals surface area contributed by atoms with E-state index >= 15 is 0 Å². The maximum absolute atomic E-state index is 12.4. The van der Waals surface area contributed by atoms with E-state index in [0.717, 1.165) is 28.0 Å². The monoisotopic (exact) mass is 398 g/mol. The average molecular weight is 399 g/mol. The second-order valence-corrected chi connectivity index (χ2v) is 9.96. The van der Waals surface area contributed by atoms with E-state index in [2.05, 4.69) is 16.0 Å². The molecule has 0 spiro atoms. The molecule has 1 fully saturated rings. The van der Waals surface area contributed by atoms with Crippen LogP contribution in [0.5, 0.6) is 0 Å². The summed E-state index contributed by atoms with van der Waals surface area (Å²) in [7, 11) is -0.379. The lowest BCUT2D eigenvalue weighted by Crippen LogP contribution is -2.22. The van der Waals surface area contributed by atoms with Gasteiger partial charge in [0.05, 0.1) is 16.8 Å². The summed E-state index contributed by atoms with van der Waals surface area (Å²) < 4.78 is 25.9. The van der Waals surface area contributed by atoms with Gasteiger partial charge in [0, 0.05) is 25.4 Å². The molecule has 2 aromatic heterocycles. The first-order valence-corrected chi connectivity index (χ1v) is 11.2. The number of nitrogens with one attached hydrogen (secondary N) is 1. The number of hydrogen-bond acceptors (Lipinski definition) is 4. The minimum Gasteiger partial charge on any atom is -0.342 e. The van der Waals surface area contributed by atoms with Crippen molar-refractivity contribution in [2.24, 2.45) is 0 Å². The van der Waals surface area contributed by atoms with Crippen LogP contribution in [0.3, 0.4) is 0 Å². The van der Waals surface area contributed by atoms with Crippen molar-refractivity contribution in [3.05, 3.63) is 41.7 Å². The molecule has 1 aliphatic rings. The molecule has 0 amide bonds. The zero-order valence-corrected chi connectivity index (χ0v) is 17.4. The van der Waals surface area contributed by atoms with Crippen molar-refractivity contribution in [2.75, 3.05) is 14.1 Å². The van der Waals surface area contributed by atoms with Gasteiger partial charge in [-0.2, -0.15) is 0 Å². The number of sulfonamides is 1. The molecular formula is C21H26N4O2S. The van der Waals surface area contributed by atoms with E-state index in [-0.39, 0.29) is 4.90 Å². The van der Waals surface area contributed by atoms with E-state index in [1.54, 1.807) is 18.3 Å². The average Bonchev–Trinajstić information content (AvgIpc) is 3.11. The summed E-state index contributed by atoms with van der Waals surface area (Å²) in [5.41, 5.74) is 5.42. The molecule has 148 valence electrons. The maximum Gasteiger partial charge on any atom is 0.242 e. The van der Waals surface area contributed by atoms with Crippen molar-refractivity contribution >= 4 is 21.2 Å². The standard InChI is InChI=1S/C21H26N4O2S/c1-14-11-16(28(26,27)25(2)3)9-10-17(14)20-13-22-21-19(23-20)12-18(24-21)15-7-5-4-6-8-15/h9-13,15H,4-8H2,1-3H3,(H,22,24). The molecular weight excluding hydrogens is 372 g/mol. The first kappa shape index (κ1) is 19.1. The van der Waals surface area contributed by atoms with Crippen molar-refractivity contribution in [1.29, 1.82) is 0 Å². The van der Waals surface area contributed by atoms with Gasteiger partial charge >= 0.3 is 0 Å². The van der Waals surface area contributed by atoms with Gasteiger partial charge in [-0.1, -0.05) is 25.3 Å². The molecule has 4 rings (SSSR count). The van der Waals surface area contributed by atoms with Crippen LogP contribution in [0.1, 0.15) is 49.3 Å². The minimum atomic E-state index is -3.45. The summed E-state index contributed by atoms with van der Waals surface area (Å²) >= 11 is 0. The SMILES string of the molecule is Cc1cc(S(=O)(=O)N(C)C)ccc1-c1cnc2[nH]c(C3CCCCC3)cc2n1. The molecule has 1 saturated carbocycles. The van der Waals surface area contributed by atoms with Gasteiger partial charge in [-0.3, -0.25) is 0 Å². The predicted molar refractivity (Wildman–Crippen MR) is 111 cm³/mol. The van der Waals surface area contributed by atoms with Crippen molar-refractivity contribution in [1.82, 2.24) is 19.3 Å². The molecule has 0 atom stereocenters. The number of benzene rings is 1. The molecule has 28 heavy (non-hydrogen) atoms. The molecule has 3 aromatic rings. The van der Waals surface area contributed by atoms with Crippen molar-refractivity contribution in [2.45, 2.75) is 49.8 Å². The van der Waals surface area contributed by atoms with Crippen LogP contribution in [-0.4, -0.2) is 41.8 Å². The highest BCUT2D eigenvalue weighted by Crippen LogP contribution is 2.33. The normalized spacial score (nSPS) is 16.1. The number of aryl methyl sites for hydroxylation is 1. The second-order valence-electron chi connectivity index (χ2n) is 7.81. The summed E-state index contributed by atoms with van der Waals surface area (Å²) in [4.78, 5) is 13.1. The number of fused-ring (bicyclic) bond motifs is 1. The largest absolute Gasteiger partial charge is 0.342 e. The maximum atomic E-state index is 12.4. The second kappa shape index (κ2) is 7.29. The Bertz CT molecular complexity index is 1110. The molecule has 0 aliphatic heterocycles. The molecule has 2 heterocycles. The third-order valence-corrected chi connectivity index (χ3v) is 7.46. The number of aromatic nitrogens is 3. The number of nitrogens with zero attached hydrogens (tertiary/aromatic N) is 3. The van der Waals surface area contributed by atoms with E-state index in [1.165, 1.54) is 56.2 Å². The third-order valence-electron chi connectivity index (χ3n) is 5.65. The summed E-state index contributed by atoms with van der Waals surface area (Å²) in [6.45, 7) is 1.90. The van der Waals surface area contributed by atoms with E-state index in [9.17, 15) is 8.42 Å². The Morgan fingerprint density at radius 3 is 2.54 bits per heavy atom. The number of rotatable bonds is 4. The van der Waals surface area contributed by atoms with Crippen LogP contribution < -0.4 is 0 Å². The molecule has 7 heteroatoms. The van der Waals surface area contributed by atoms with Gasteiger partial charge in [0.15, 0.2) is 5.65 Å². The quantitative estimate of drug-likeness (QED) is 0.713. The number of hydrogen-bond donors (Lipinski definition) is 1. The van der Waals surface area contributed by atoms with E-state index < -0.39 is 10.0 Å². The highest BCUT2D eigenvalue weighted by Gasteiger charge is 2.20. The van der Waals surface area contributed by atoms with E-state index in [1.807, 2.05) is 13.0 Å². The van der Waals surface area contributed by atoms with Crippen molar-refractivity contribution in [3.63, 3.8) is 0 Å². The van der Waals surface area contributed by atoms with Crippen LogP contribution in [0.2, 0.25) is 0 Å². The van der Waals surface area contributed by atoms with Crippen LogP contribution in [0, 0.1) is 6.92 Å². The minimum absolute atomic E-state index is 0.286. The van der Waals surface area contributed by atoms with Crippen LogP contribution >= 0.6 is 0 Å². The number of aromatic amines is 1. The Morgan fingerprint density at radius 2 is 1.86 bits per heavy atom. The van der Waals surface area contributed by atoms with Crippen LogP contribution in [0.15, 0.2) is 35.4 Å². The van der Waals surface area contributed by atoms with E-state index in [0.29, 0.717) is 5.92 Å². The van der Waals surface area contributed by atoms with Gasteiger partial charge < -0.3 is 4.98 Å². The predicted octanol–water partition coefficient (Wildman–Crippen LogP) is 4.23. The fourth-order valence-corrected chi connectivity index (χ4v) is 4.97. The Kier molecular flexibility index (Phi) is 4.97. The fraction of sp³-hybridized carbons (Fsp3) is 0.429. The lowest BCUT2D eigenvalue weighted by atomic mass is 9.87. The Morgan fingerprint density at radius 1 is 1.11 bits per heavy atom. The molecule has 1 N–H and O–H groups in total. The molecule has 1 aromatic carbocycles. The van der Waals surface area contributed by atoms with Gasteiger partial charge in [-0.05, 0) is 49.4 Å². The first-order chi connectivity index (χ1) is 13.4. The summed E-state index contributed by atoms with van der Waals surface area (Å²) in [5, 5.41) is 0. The fourth-order valence-electron chi connectivity index (χ4n) is 3.98. The summed E-state index contributed by atoms with van der Waals surface area (Å²) in [6, 6.07) is 7.27. The smallest absolute Gasteiger partial charge is 0.242 e. The zero-order valence-electron chi connectivity index (χ0n) is 16.6. The van der Waals surface area contributed by atoms with Gasteiger partial charge in [0.25, 0.3) is 0 Å². The lowest BCUT2D eigenvalue weighted by molar-refractivity contribution is 0.438. The number of H-pyrrole nitrogens is 1. The lowest BCUT2D eigenvalue weighted by Gasteiger charge is -2.19. The van der Waals surface area contributed by atoms with E-state index in [4.69, 9.17) is 4.98 Å². The molecule has 0 bridgehead atoms. The highest BCUT2D eigenvalue weighted by molar-refractivity contribution is 7.89. The van der Waals surface area contributed by atoms with Crippen LogP contribution in [-0.2, 0) is 10.0 Å². The molecule has 6 nitrogen and oxygen atoms in total. The zero-order chi connectivity index (χ0) is 19.9. The highest BCUT2D eigenvalue weighted by atomic mass is 32.2. The van der Waals surface area contributed by atoms with Crippen LogP contribution in [0.25, 0.3) is 22.4 Å². The Hall–Kier alpha value is -2.25. The van der Waals surface area contributed by atoms with Crippen LogP contribution in [0.4, 0.5) is 0 Å². The Labute approximate surface area is 166 Å². The van der Waals surface area contributed by atoms with Crippen molar-refractivity contribution < 1.29 is 8.42 Å². The Balaban J connectivity index is 1.69. The molecule has 0 unspecified atom stereocenters. The molecule has 0 saturated heterocycles. The van der Waals surface area contributed by atoms with Gasteiger partial charge in [0.2, 0.25) is 10.0 Å². The van der Waals surface area contributed by atoms with Gasteiger partial charge in [0.1, 0.15) is 5.52 Å². The molecule has 0 radical (unpaired) electrons. The third kappa shape index (κ3) is 3.44. The van der Waals surface area contributed by atoms with Crippen molar-refractivity contribution in [3.8, 4) is 11.3 Å². The van der Waals surface area contributed by atoms with Gasteiger partial charge in [-0.25, -0.2) is 22.7 Å².